The number of likely N-dealkylation sites (tertiary alicyclic amines) is 1. The minimum atomic E-state index is 0.00836. The summed E-state index contributed by atoms with van der Waals surface area (Å²) in [5.74, 6) is 0.00836. The van der Waals surface area contributed by atoms with Gasteiger partial charge < -0.3 is 4.90 Å². The molecule has 0 spiro atoms. The third kappa shape index (κ3) is 4.00. The number of para-hydroxylation sites is 1. The molecule has 1 fully saturated rings. The largest absolute Gasteiger partial charge is 0.302 e. The Bertz CT molecular complexity index is 788. The van der Waals surface area contributed by atoms with Crippen LogP contribution in [0.15, 0.2) is 48.2 Å². The van der Waals surface area contributed by atoms with Crippen molar-refractivity contribution in [3.8, 4) is 0 Å². The van der Waals surface area contributed by atoms with Gasteiger partial charge in [-0.25, -0.2) is 0 Å². The molecule has 1 saturated heterocycles. The minimum absolute atomic E-state index is 0.00836. The van der Waals surface area contributed by atoms with Gasteiger partial charge in [-0.2, -0.15) is 0 Å². The van der Waals surface area contributed by atoms with E-state index in [9.17, 15) is 4.79 Å². The lowest BCUT2D eigenvalue weighted by molar-refractivity contribution is -0.114. The number of carbonyl (C=O) groups is 1. The van der Waals surface area contributed by atoms with Crippen LogP contribution >= 0.6 is 0 Å². The SMILES string of the molecule is O=C(Nn1ccc2ccccc21)C1=CCCN(CCN2CCCCC2)C1. The van der Waals surface area contributed by atoms with Gasteiger partial charge >= 0.3 is 0 Å². The summed E-state index contributed by atoms with van der Waals surface area (Å²) >= 11 is 0. The normalized spacial score (nSPS) is 19.5. The summed E-state index contributed by atoms with van der Waals surface area (Å²) in [7, 11) is 0. The van der Waals surface area contributed by atoms with E-state index < -0.39 is 0 Å². The molecule has 2 aromatic rings. The fourth-order valence-electron chi connectivity index (χ4n) is 3.99. The predicted octanol–water partition coefficient (Wildman–Crippen LogP) is 2.83. The number of hydrogen-bond donors (Lipinski definition) is 1. The number of rotatable bonds is 5. The van der Waals surface area contributed by atoms with Crippen LogP contribution in [-0.2, 0) is 4.79 Å². The van der Waals surface area contributed by atoms with E-state index in [1.165, 1.54) is 32.4 Å². The van der Waals surface area contributed by atoms with Crippen LogP contribution in [0.4, 0.5) is 0 Å². The van der Waals surface area contributed by atoms with E-state index >= 15 is 0 Å². The number of piperidine rings is 1. The van der Waals surface area contributed by atoms with Crippen molar-refractivity contribution in [1.82, 2.24) is 14.5 Å². The molecule has 0 aliphatic carbocycles. The molecule has 1 amide bonds. The van der Waals surface area contributed by atoms with E-state index in [1.54, 1.807) is 0 Å². The maximum Gasteiger partial charge on any atom is 0.267 e. The third-order valence-electron chi connectivity index (χ3n) is 5.52. The Labute approximate surface area is 155 Å². The summed E-state index contributed by atoms with van der Waals surface area (Å²) in [6.45, 7) is 6.44. The van der Waals surface area contributed by atoms with Crippen molar-refractivity contribution in [2.75, 3.05) is 44.7 Å². The zero-order chi connectivity index (χ0) is 17.8. The molecule has 138 valence electrons. The van der Waals surface area contributed by atoms with Gasteiger partial charge in [0, 0.05) is 43.3 Å². The highest BCUT2D eigenvalue weighted by molar-refractivity contribution is 6.00. The fourth-order valence-corrected chi connectivity index (χ4v) is 3.99. The number of benzene rings is 1. The van der Waals surface area contributed by atoms with Gasteiger partial charge in [-0.05, 0) is 44.5 Å². The molecular formula is C21H28N4O. The Morgan fingerprint density at radius 1 is 0.962 bits per heavy atom. The fraction of sp³-hybridized carbons (Fsp3) is 0.476. The van der Waals surface area contributed by atoms with E-state index in [4.69, 9.17) is 0 Å². The predicted molar refractivity (Wildman–Crippen MR) is 106 cm³/mol. The van der Waals surface area contributed by atoms with Crippen molar-refractivity contribution in [3.63, 3.8) is 0 Å². The summed E-state index contributed by atoms with van der Waals surface area (Å²) in [4.78, 5) is 17.7. The Hall–Kier alpha value is -2.11. The second-order valence-electron chi connectivity index (χ2n) is 7.38. The molecule has 0 saturated carbocycles. The highest BCUT2D eigenvalue weighted by Crippen LogP contribution is 2.15. The summed E-state index contributed by atoms with van der Waals surface area (Å²) in [6.07, 6.45) is 9.01. The molecule has 0 unspecified atom stereocenters. The van der Waals surface area contributed by atoms with Crippen LogP contribution in [0.2, 0.25) is 0 Å². The molecule has 26 heavy (non-hydrogen) atoms. The van der Waals surface area contributed by atoms with Crippen LogP contribution < -0.4 is 5.43 Å². The molecule has 1 N–H and O–H groups in total. The van der Waals surface area contributed by atoms with Crippen molar-refractivity contribution in [3.05, 3.63) is 48.2 Å². The Morgan fingerprint density at radius 2 is 1.77 bits per heavy atom. The number of nitrogens with one attached hydrogen (secondary N) is 1. The molecular weight excluding hydrogens is 324 g/mol. The molecule has 0 radical (unpaired) electrons. The Balaban J connectivity index is 1.33. The maximum absolute atomic E-state index is 12.7. The van der Waals surface area contributed by atoms with Crippen LogP contribution in [0.5, 0.6) is 0 Å². The molecule has 3 heterocycles. The lowest BCUT2D eigenvalue weighted by Crippen LogP contribution is -2.41. The number of carbonyl (C=O) groups excluding carboxylic acids is 1. The molecule has 2 aliphatic rings. The van der Waals surface area contributed by atoms with Crippen LogP contribution in [0, 0.1) is 0 Å². The van der Waals surface area contributed by atoms with Gasteiger partial charge in [0.15, 0.2) is 0 Å². The zero-order valence-electron chi connectivity index (χ0n) is 15.4. The number of aromatic nitrogens is 1. The van der Waals surface area contributed by atoms with Crippen molar-refractivity contribution < 1.29 is 4.79 Å². The van der Waals surface area contributed by atoms with Crippen molar-refractivity contribution >= 4 is 16.8 Å². The topological polar surface area (TPSA) is 40.5 Å². The molecule has 1 aromatic heterocycles. The number of amides is 1. The minimum Gasteiger partial charge on any atom is -0.302 e. The number of nitrogens with zero attached hydrogens (tertiary/aromatic N) is 3. The molecule has 5 heteroatoms. The Kier molecular flexibility index (Phi) is 5.37. The smallest absolute Gasteiger partial charge is 0.267 e. The van der Waals surface area contributed by atoms with Crippen LogP contribution in [0.1, 0.15) is 25.7 Å². The summed E-state index contributed by atoms with van der Waals surface area (Å²) in [5.41, 5.74) is 4.94. The van der Waals surface area contributed by atoms with Crippen molar-refractivity contribution in [1.29, 1.82) is 0 Å². The van der Waals surface area contributed by atoms with Crippen LogP contribution in [-0.4, -0.2) is 59.7 Å². The van der Waals surface area contributed by atoms with Crippen LogP contribution in [0.3, 0.4) is 0 Å². The molecule has 4 rings (SSSR count). The monoisotopic (exact) mass is 352 g/mol. The molecule has 2 aliphatic heterocycles. The number of fused-ring (bicyclic) bond motifs is 1. The van der Waals surface area contributed by atoms with Gasteiger partial charge in [0.05, 0.1) is 5.52 Å². The summed E-state index contributed by atoms with van der Waals surface area (Å²) in [6, 6.07) is 10.1. The van der Waals surface area contributed by atoms with Gasteiger partial charge in [-0.3, -0.25) is 19.8 Å². The Morgan fingerprint density at radius 3 is 2.65 bits per heavy atom. The van der Waals surface area contributed by atoms with Gasteiger partial charge in [0.1, 0.15) is 0 Å². The first-order chi connectivity index (χ1) is 12.8. The van der Waals surface area contributed by atoms with Gasteiger partial charge in [-0.15, -0.1) is 0 Å². The molecule has 1 aromatic carbocycles. The molecule has 0 bridgehead atoms. The standard InChI is InChI=1S/C21H28N4O/c26-21(22-25-14-10-18-7-2-3-9-20(18)25)19-8-6-13-24(17-19)16-15-23-11-4-1-5-12-23/h2-3,7-10,14H,1,4-6,11-13,15-17H2,(H,22,26). The number of hydrogen-bond acceptors (Lipinski definition) is 3. The molecule has 0 atom stereocenters. The van der Waals surface area contributed by atoms with E-state index in [2.05, 4.69) is 27.4 Å². The lowest BCUT2D eigenvalue weighted by Gasteiger charge is -2.31. The van der Waals surface area contributed by atoms with Crippen LogP contribution in [0.25, 0.3) is 10.9 Å². The molecule has 5 nitrogen and oxygen atoms in total. The van der Waals surface area contributed by atoms with E-state index in [-0.39, 0.29) is 5.91 Å². The van der Waals surface area contributed by atoms with E-state index in [0.717, 1.165) is 49.1 Å². The average molecular weight is 352 g/mol. The van der Waals surface area contributed by atoms with Gasteiger partial charge in [-0.1, -0.05) is 30.7 Å². The van der Waals surface area contributed by atoms with Crippen molar-refractivity contribution in [2.45, 2.75) is 25.7 Å². The maximum atomic E-state index is 12.7. The summed E-state index contributed by atoms with van der Waals surface area (Å²) < 4.78 is 1.82. The highest BCUT2D eigenvalue weighted by Gasteiger charge is 2.19. The van der Waals surface area contributed by atoms with E-state index in [0.29, 0.717) is 0 Å². The van der Waals surface area contributed by atoms with Gasteiger partial charge in [0.2, 0.25) is 0 Å². The third-order valence-corrected chi connectivity index (χ3v) is 5.52. The van der Waals surface area contributed by atoms with Crippen molar-refractivity contribution in [2.24, 2.45) is 0 Å². The second kappa shape index (κ2) is 8.06. The summed E-state index contributed by atoms with van der Waals surface area (Å²) in [5, 5.41) is 1.13. The highest BCUT2D eigenvalue weighted by atomic mass is 16.2. The first-order valence-electron chi connectivity index (χ1n) is 9.81. The first kappa shape index (κ1) is 17.3. The second-order valence-corrected chi connectivity index (χ2v) is 7.38. The van der Waals surface area contributed by atoms with Gasteiger partial charge in [0.25, 0.3) is 5.91 Å². The quantitative estimate of drug-likeness (QED) is 0.900. The average Bonchev–Trinajstić information content (AvgIpc) is 3.10. The lowest BCUT2D eigenvalue weighted by atomic mass is 10.1. The zero-order valence-corrected chi connectivity index (χ0v) is 15.4. The van der Waals surface area contributed by atoms with E-state index in [1.807, 2.05) is 35.1 Å². The first-order valence-corrected chi connectivity index (χ1v) is 9.81.